The van der Waals surface area contributed by atoms with Crippen LogP contribution in [-0.2, 0) is 39.2 Å². The largest absolute Gasteiger partial charge is 0.459 e. The number of hydrogen-bond donors (Lipinski definition) is 3. The van der Waals surface area contributed by atoms with Gasteiger partial charge in [0.15, 0.2) is 0 Å². The lowest BCUT2D eigenvalue weighted by Crippen LogP contribution is -2.39. The predicted molar refractivity (Wildman–Crippen MR) is 283 cm³/mol. The zero-order valence-electron chi connectivity index (χ0n) is 42.4. The number of carbonyl (C=O) groups is 4. The number of anilines is 2. The summed E-state index contributed by atoms with van der Waals surface area (Å²) in [6.07, 6.45) is 13.4. The van der Waals surface area contributed by atoms with Gasteiger partial charge in [-0.15, -0.1) is 0 Å². The summed E-state index contributed by atoms with van der Waals surface area (Å²) in [4.78, 5) is 74.1. The average molecular weight is 982 g/mol. The van der Waals surface area contributed by atoms with Crippen molar-refractivity contribution < 1.29 is 28.7 Å². The number of likely N-dealkylation sites (tertiary alicyclic amines) is 1. The van der Waals surface area contributed by atoms with Crippen molar-refractivity contribution in [3.63, 3.8) is 0 Å². The molecule has 1 aliphatic heterocycles. The average Bonchev–Trinajstić information content (AvgIpc) is 4.14. The molecule has 1 fully saturated rings. The second kappa shape index (κ2) is 20.4. The number of aromatic nitrogens is 8. The van der Waals surface area contributed by atoms with Gasteiger partial charge in [0, 0.05) is 77.2 Å². The van der Waals surface area contributed by atoms with Crippen molar-refractivity contribution >= 4 is 57.2 Å². The number of nitrogens with one attached hydrogen (secondary N) is 3. The van der Waals surface area contributed by atoms with E-state index in [1.165, 1.54) is 31.0 Å². The fourth-order valence-corrected chi connectivity index (χ4v) is 9.37. The van der Waals surface area contributed by atoms with E-state index in [2.05, 4.69) is 33.7 Å². The van der Waals surface area contributed by atoms with E-state index in [1.54, 1.807) is 34.0 Å². The van der Waals surface area contributed by atoms with Gasteiger partial charge >= 0.3 is 11.9 Å². The van der Waals surface area contributed by atoms with Gasteiger partial charge in [0.25, 0.3) is 0 Å². The number of H-pyrrole nitrogens is 1. The Morgan fingerprint density at radius 1 is 0.753 bits per heavy atom. The predicted octanol–water partition coefficient (Wildman–Crippen LogP) is 9.57. The van der Waals surface area contributed by atoms with E-state index in [-0.39, 0.29) is 24.7 Å². The third-order valence-electron chi connectivity index (χ3n) is 13.1. The molecule has 0 unspecified atom stereocenters. The van der Waals surface area contributed by atoms with E-state index < -0.39 is 17.8 Å². The van der Waals surface area contributed by atoms with Gasteiger partial charge in [-0.25, -0.2) is 24.5 Å². The number of nitrogens with zero attached hydrogens (tertiary/aromatic N) is 8. The lowest BCUT2D eigenvalue weighted by atomic mass is 9.95. The number of hydrogen-bond acceptors (Lipinski definition) is 11. The van der Waals surface area contributed by atoms with Gasteiger partial charge in [-0.3, -0.25) is 14.3 Å². The van der Waals surface area contributed by atoms with Crippen LogP contribution in [0.15, 0.2) is 99.0 Å². The summed E-state index contributed by atoms with van der Waals surface area (Å²) in [5.74, 6) is -1.80. The minimum atomic E-state index is -0.516. The Balaban J connectivity index is 1.27. The number of aryl methyl sites for hydroxylation is 4. The third-order valence-corrected chi connectivity index (χ3v) is 13.1. The van der Waals surface area contributed by atoms with Crippen LogP contribution in [0.1, 0.15) is 77.1 Å². The molecule has 9 rings (SSSR count). The smallest absolute Gasteiger partial charge is 0.340 e. The van der Waals surface area contributed by atoms with Crippen LogP contribution in [0.2, 0.25) is 0 Å². The quantitative estimate of drug-likeness (QED) is 0.0581. The number of pyridine rings is 2. The summed E-state index contributed by atoms with van der Waals surface area (Å²) < 4.78 is 17.2. The van der Waals surface area contributed by atoms with Crippen LogP contribution in [-0.4, -0.2) is 99.3 Å². The van der Waals surface area contributed by atoms with Crippen LogP contribution < -0.4 is 10.6 Å². The number of amides is 2. The SMILES string of the molecule is C=CC(=O)Nc1cc(-c2c(-c3cn(C)cn3)n(Cc3ccc(-c4c(-c5cnn(CCN6CCC6)c5)[nH]c5ncc(C(=O)OC(C)C)c(C)c45)cc3NC(=O)C=C)c3ncc(C(=O)OC(C)C)c(C)c23)ccc1C. The molecule has 2 aromatic carbocycles. The van der Waals surface area contributed by atoms with E-state index in [9.17, 15) is 19.2 Å². The Morgan fingerprint density at radius 2 is 1.38 bits per heavy atom. The summed E-state index contributed by atoms with van der Waals surface area (Å²) in [6.45, 7) is 24.2. The van der Waals surface area contributed by atoms with Crippen molar-refractivity contribution in [2.75, 3.05) is 30.3 Å². The van der Waals surface area contributed by atoms with Crippen molar-refractivity contribution in [3.05, 3.63) is 132 Å². The number of benzene rings is 2. The third kappa shape index (κ3) is 9.83. The first-order valence-corrected chi connectivity index (χ1v) is 24.3. The number of carbonyl (C=O) groups excluding carboxylic acids is 4. The lowest BCUT2D eigenvalue weighted by Gasteiger charge is -2.30. The van der Waals surface area contributed by atoms with Gasteiger partial charge in [0.1, 0.15) is 17.0 Å². The number of aromatic amines is 1. The summed E-state index contributed by atoms with van der Waals surface area (Å²) in [6, 6.07) is 11.6. The maximum Gasteiger partial charge on any atom is 0.340 e. The van der Waals surface area contributed by atoms with E-state index in [0.717, 1.165) is 59.7 Å². The highest BCUT2D eigenvalue weighted by atomic mass is 16.5. The first-order chi connectivity index (χ1) is 35.0. The molecule has 0 aliphatic carbocycles. The fraction of sp³-hybridized carbons (Fsp3) is 0.286. The molecular weight excluding hydrogens is 923 g/mol. The zero-order chi connectivity index (χ0) is 51.8. The van der Waals surface area contributed by atoms with E-state index >= 15 is 0 Å². The summed E-state index contributed by atoms with van der Waals surface area (Å²) in [5.41, 5.74) is 11.3. The molecule has 73 heavy (non-hydrogen) atoms. The molecule has 2 amide bonds. The second-order valence-electron chi connectivity index (χ2n) is 19.0. The molecule has 7 heterocycles. The van der Waals surface area contributed by atoms with Gasteiger partial charge in [-0.05, 0) is 126 Å². The van der Waals surface area contributed by atoms with E-state index in [4.69, 9.17) is 29.5 Å². The molecule has 17 heteroatoms. The van der Waals surface area contributed by atoms with Crippen LogP contribution in [0.4, 0.5) is 11.4 Å². The highest BCUT2D eigenvalue weighted by Crippen LogP contribution is 2.45. The second-order valence-corrected chi connectivity index (χ2v) is 19.0. The minimum Gasteiger partial charge on any atom is -0.459 e. The number of ether oxygens (including phenoxy) is 2. The van der Waals surface area contributed by atoms with Crippen molar-refractivity contribution in [2.24, 2.45) is 7.05 Å². The first kappa shape index (κ1) is 49.5. The first-order valence-electron chi connectivity index (χ1n) is 24.3. The summed E-state index contributed by atoms with van der Waals surface area (Å²) in [5, 5.41) is 12.2. The van der Waals surface area contributed by atoms with Crippen LogP contribution in [0.25, 0.3) is 67.0 Å². The Morgan fingerprint density at radius 3 is 2.01 bits per heavy atom. The molecule has 0 radical (unpaired) electrons. The maximum atomic E-state index is 13.7. The van der Waals surface area contributed by atoms with E-state index in [1.807, 2.05) is 96.6 Å². The van der Waals surface area contributed by atoms with Gasteiger partial charge in [0.2, 0.25) is 11.8 Å². The summed E-state index contributed by atoms with van der Waals surface area (Å²) in [7, 11) is 1.88. The fourth-order valence-electron chi connectivity index (χ4n) is 9.37. The Labute approximate surface area is 423 Å². The molecule has 1 aliphatic rings. The molecular formula is C56H59N11O6. The molecule has 0 atom stereocenters. The minimum absolute atomic E-state index is 0.153. The molecule has 8 aromatic rings. The molecule has 0 spiro atoms. The van der Waals surface area contributed by atoms with Gasteiger partial charge in [0.05, 0.1) is 60.3 Å². The number of imidazole rings is 1. The monoisotopic (exact) mass is 981 g/mol. The highest BCUT2D eigenvalue weighted by Gasteiger charge is 2.29. The molecule has 374 valence electrons. The Kier molecular flexibility index (Phi) is 13.8. The number of fused-ring (bicyclic) bond motifs is 2. The van der Waals surface area contributed by atoms with E-state index in [0.29, 0.717) is 78.2 Å². The molecule has 1 saturated heterocycles. The molecule has 3 N–H and O–H groups in total. The molecule has 17 nitrogen and oxygen atoms in total. The van der Waals surface area contributed by atoms with Gasteiger partial charge in [-0.2, -0.15) is 5.10 Å². The topological polar surface area (TPSA) is 196 Å². The Hall–Kier alpha value is -8.44. The molecule has 6 aromatic heterocycles. The summed E-state index contributed by atoms with van der Waals surface area (Å²) >= 11 is 0. The van der Waals surface area contributed by atoms with Crippen LogP contribution in [0.5, 0.6) is 0 Å². The maximum absolute atomic E-state index is 13.7. The van der Waals surface area contributed by atoms with Gasteiger partial charge < -0.3 is 39.1 Å². The zero-order valence-corrected chi connectivity index (χ0v) is 42.4. The van der Waals surface area contributed by atoms with Crippen molar-refractivity contribution in [2.45, 2.75) is 80.2 Å². The standard InChI is InChI=1S/C56H59N11O6/c1-11-45(68)61-42-22-37(15-14-33(42)7)50-48-35(9)41(56(71)73-32(5)6)26-58-54(48)67(52(50)44-29-64(10)30-59-44)28-38-17-16-36(23-43(38)62-46(69)12-2)49-47-34(8)40(55(70)72-31(3)4)25-57-53(47)63-51(49)39-24-60-66(27-39)21-20-65-18-13-19-65/h11-12,14-17,22-27,29-32H,1-2,13,18-21,28H2,3-10H3,(H,57,63)(H,61,68)(H,62,69). The van der Waals surface area contributed by atoms with Crippen molar-refractivity contribution in [1.29, 1.82) is 0 Å². The number of rotatable bonds is 17. The van der Waals surface area contributed by atoms with Crippen LogP contribution in [0.3, 0.4) is 0 Å². The lowest BCUT2D eigenvalue weighted by molar-refractivity contribution is -0.112. The molecule has 0 bridgehead atoms. The highest BCUT2D eigenvalue weighted by molar-refractivity contribution is 6.10. The van der Waals surface area contributed by atoms with Gasteiger partial charge in [-0.1, -0.05) is 37.4 Å². The van der Waals surface area contributed by atoms with Crippen molar-refractivity contribution in [1.82, 2.24) is 43.8 Å². The molecule has 0 saturated carbocycles. The van der Waals surface area contributed by atoms with Crippen LogP contribution >= 0.6 is 0 Å². The normalized spacial score (nSPS) is 12.6. The van der Waals surface area contributed by atoms with Crippen molar-refractivity contribution in [3.8, 4) is 44.9 Å². The Bertz CT molecular complexity index is 3510. The van der Waals surface area contributed by atoms with Crippen LogP contribution in [0, 0.1) is 20.8 Å². The number of esters is 2.